The minimum absolute atomic E-state index is 0. The predicted octanol–water partition coefficient (Wildman–Crippen LogP) is 4.80. The van der Waals surface area contributed by atoms with Gasteiger partial charge in [0.2, 0.25) is 0 Å². The van der Waals surface area contributed by atoms with Crippen molar-refractivity contribution in [1.82, 2.24) is 9.80 Å². The highest BCUT2D eigenvalue weighted by atomic mass is 16.6. The summed E-state index contributed by atoms with van der Waals surface area (Å²) >= 11 is 0. The minimum Gasteiger partial charge on any atom is -0.480 e. The third kappa shape index (κ3) is 10.7. The Morgan fingerprint density at radius 2 is 1.10 bits per heavy atom. The van der Waals surface area contributed by atoms with Gasteiger partial charge >= 0.3 is 24.1 Å². The summed E-state index contributed by atoms with van der Waals surface area (Å²) in [5.74, 6) is -2.73. The number of likely N-dealkylation sites (tertiary alicyclic amines) is 2. The number of carboxylic acids is 1. The van der Waals surface area contributed by atoms with Gasteiger partial charge in [-0.25, -0.2) is 19.2 Å². The number of amides is 2. The molecule has 2 aliphatic heterocycles. The third-order valence-corrected chi connectivity index (χ3v) is 7.98. The highest BCUT2D eigenvalue weighted by Crippen LogP contribution is 2.32. The van der Waals surface area contributed by atoms with E-state index in [0.29, 0.717) is 12.8 Å². The average molecular weight is 669 g/mol. The summed E-state index contributed by atoms with van der Waals surface area (Å²) in [5.41, 5.74) is 3.25. The molecule has 0 spiro atoms. The van der Waals surface area contributed by atoms with Gasteiger partial charge in [0.1, 0.15) is 25.3 Å². The Balaban J connectivity index is 0.000000327. The summed E-state index contributed by atoms with van der Waals surface area (Å²) in [6, 6.07) is 16.4. The first-order chi connectivity index (χ1) is 22.3. The summed E-state index contributed by atoms with van der Waals surface area (Å²) in [6.45, 7) is 11.3. The second-order valence-electron chi connectivity index (χ2n) is 11.9. The number of hydrogen-bond acceptors (Lipinski definition) is 9. The van der Waals surface area contributed by atoms with Gasteiger partial charge in [-0.1, -0.05) is 79.2 Å². The van der Waals surface area contributed by atoms with Crippen LogP contribution in [0.4, 0.5) is 9.59 Å². The molecule has 2 aromatic rings. The standard InChI is InChI=1S/C18H23NO5.C17H21NO5.CH4/c1-12(2)9-14-15(20)10-19(16(14)17(21)23-3)18(22)24-11-13-7-5-4-6-8-13;1-11(2)8-13-14(19)9-18(15(13)16(20)21)17(22)23-10-12-6-4-3-5-7-12;/h4-8,14-16,20H,1,9-11H2,2-3H3;3-7,13-15,19H,1,8-10H2,2H3,(H,20,21);1H4/t14-,15-,16-;13-,14?,15-;/m00./s1. The van der Waals surface area contributed by atoms with Crippen LogP contribution in [0, 0.1) is 11.8 Å². The fraction of sp³-hybridized carbons (Fsp3) is 0.444. The first-order valence-corrected chi connectivity index (χ1v) is 15.2. The summed E-state index contributed by atoms with van der Waals surface area (Å²) in [7, 11) is 1.26. The van der Waals surface area contributed by atoms with Crippen molar-refractivity contribution >= 4 is 24.1 Å². The van der Waals surface area contributed by atoms with Crippen molar-refractivity contribution in [3.8, 4) is 0 Å². The molecular formula is C36H48N2O10. The maximum atomic E-state index is 12.4. The molecule has 0 aromatic heterocycles. The molecule has 48 heavy (non-hydrogen) atoms. The number of allylic oxidation sites excluding steroid dienone is 2. The SMILES string of the molecule is C.C=C(C)C[C@@H]1[C@@H](C(=O)OC)N(C(=O)OCc2ccccc2)C[C@@H]1O.C=C(C)C[C@H]1C(O)CN(C(=O)OCc2ccccc2)[C@@H]1C(=O)O. The topological polar surface area (TPSA) is 163 Å². The Labute approximate surface area is 282 Å². The average Bonchev–Trinajstić information content (AvgIpc) is 3.54. The number of hydrogen-bond donors (Lipinski definition) is 3. The molecule has 2 amide bonds. The van der Waals surface area contributed by atoms with Gasteiger partial charge in [-0.15, -0.1) is 13.2 Å². The molecular weight excluding hydrogens is 620 g/mol. The van der Waals surface area contributed by atoms with Crippen molar-refractivity contribution in [1.29, 1.82) is 0 Å². The summed E-state index contributed by atoms with van der Waals surface area (Å²) in [5, 5.41) is 29.8. The predicted molar refractivity (Wildman–Crippen MR) is 178 cm³/mol. The zero-order valence-corrected chi connectivity index (χ0v) is 27.0. The number of aliphatic hydroxyl groups excluding tert-OH is 2. The van der Waals surface area contributed by atoms with E-state index in [0.717, 1.165) is 27.2 Å². The van der Waals surface area contributed by atoms with Gasteiger partial charge in [0, 0.05) is 11.8 Å². The minimum atomic E-state index is -1.15. The fourth-order valence-electron chi connectivity index (χ4n) is 5.80. The molecule has 3 N–H and O–H groups in total. The number of rotatable bonds is 10. The molecule has 2 aliphatic rings. The first kappa shape index (κ1) is 39.5. The second kappa shape index (κ2) is 18.6. The Hall–Kier alpha value is -4.68. The van der Waals surface area contributed by atoms with E-state index in [1.165, 1.54) is 12.0 Å². The van der Waals surface area contributed by atoms with E-state index in [4.69, 9.17) is 14.2 Å². The molecule has 0 radical (unpaired) electrons. The van der Waals surface area contributed by atoms with E-state index in [1.54, 1.807) is 6.92 Å². The molecule has 6 atom stereocenters. The molecule has 0 saturated carbocycles. The summed E-state index contributed by atoms with van der Waals surface area (Å²) < 4.78 is 15.3. The van der Waals surface area contributed by atoms with E-state index in [2.05, 4.69) is 13.2 Å². The van der Waals surface area contributed by atoms with E-state index in [1.807, 2.05) is 67.6 Å². The van der Waals surface area contributed by atoms with E-state index in [-0.39, 0.29) is 33.7 Å². The Kier molecular flexibility index (Phi) is 15.3. The molecule has 12 nitrogen and oxygen atoms in total. The van der Waals surface area contributed by atoms with Crippen molar-refractivity contribution in [2.24, 2.45) is 11.8 Å². The number of methoxy groups -OCH3 is 1. The molecule has 262 valence electrons. The molecule has 2 saturated heterocycles. The van der Waals surface area contributed by atoms with Gasteiger partial charge in [0.25, 0.3) is 0 Å². The number of carbonyl (C=O) groups excluding carboxylic acids is 3. The van der Waals surface area contributed by atoms with Gasteiger partial charge in [-0.3, -0.25) is 9.80 Å². The fourth-order valence-corrected chi connectivity index (χ4v) is 5.80. The lowest BCUT2D eigenvalue weighted by Crippen LogP contribution is -2.44. The number of aliphatic hydroxyl groups is 2. The Bertz CT molecular complexity index is 1400. The van der Waals surface area contributed by atoms with Crippen LogP contribution in [-0.4, -0.2) is 93.7 Å². The molecule has 4 rings (SSSR count). The molecule has 0 bridgehead atoms. The van der Waals surface area contributed by atoms with Crippen LogP contribution in [0.25, 0.3) is 0 Å². The molecule has 2 heterocycles. The van der Waals surface area contributed by atoms with Crippen LogP contribution in [0.15, 0.2) is 85.0 Å². The molecule has 12 heteroatoms. The van der Waals surface area contributed by atoms with Crippen LogP contribution in [0.1, 0.15) is 45.2 Å². The van der Waals surface area contributed by atoms with Crippen LogP contribution in [-0.2, 0) is 37.0 Å². The third-order valence-electron chi connectivity index (χ3n) is 7.98. The molecule has 1 unspecified atom stereocenters. The number of carboxylic acid groups (broad SMARTS) is 1. The van der Waals surface area contributed by atoms with Crippen molar-refractivity contribution in [2.45, 2.75) is 71.6 Å². The number of aliphatic carboxylic acids is 1. The lowest BCUT2D eigenvalue weighted by molar-refractivity contribution is -0.147. The van der Waals surface area contributed by atoms with Gasteiger partial charge in [0.15, 0.2) is 0 Å². The highest BCUT2D eigenvalue weighted by Gasteiger charge is 2.49. The largest absolute Gasteiger partial charge is 0.480 e. The van der Waals surface area contributed by atoms with Gasteiger partial charge < -0.3 is 29.5 Å². The van der Waals surface area contributed by atoms with Crippen LogP contribution < -0.4 is 0 Å². The lowest BCUT2D eigenvalue weighted by atomic mass is 9.91. The maximum Gasteiger partial charge on any atom is 0.410 e. The van der Waals surface area contributed by atoms with Crippen molar-refractivity contribution < 1.29 is 48.7 Å². The highest BCUT2D eigenvalue weighted by molar-refractivity contribution is 5.83. The Morgan fingerprint density at radius 1 is 0.729 bits per heavy atom. The van der Waals surface area contributed by atoms with Gasteiger partial charge in [0.05, 0.1) is 32.4 Å². The molecule has 2 fully saturated rings. The second-order valence-corrected chi connectivity index (χ2v) is 11.9. The van der Waals surface area contributed by atoms with Gasteiger partial charge in [-0.05, 0) is 37.8 Å². The number of carbonyl (C=O) groups is 4. The quantitative estimate of drug-likeness (QED) is 0.182. The number of benzene rings is 2. The number of nitrogens with zero attached hydrogens (tertiary/aromatic N) is 2. The monoisotopic (exact) mass is 668 g/mol. The maximum absolute atomic E-state index is 12.4. The number of β-amino-alcohol motifs (C(OH)–C–C–N with tert-alkyl or cyclic N) is 2. The number of ether oxygens (including phenoxy) is 3. The Morgan fingerprint density at radius 3 is 1.46 bits per heavy atom. The van der Waals surface area contributed by atoms with Crippen LogP contribution in [0.2, 0.25) is 0 Å². The van der Waals surface area contributed by atoms with Crippen molar-refractivity contribution in [3.05, 3.63) is 96.1 Å². The molecule has 2 aromatic carbocycles. The normalized spacial score (nSPS) is 22.8. The smallest absolute Gasteiger partial charge is 0.410 e. The van der Waals surface area contributed by atoms with E-state index in [9.17, 15) is 34.5 Å². The summed E-state index contributed by atoms with van der Waals surface area (Å²) in [6.07, 6.45) is -2.32. The van der Waals surface area contributed by atoms with Crippen LogP contribution in [0.5, 0.6) is 0 Å². The first-order valence-electron chi connectivity index (χ1n) is 15.2. The van der Waals surface area contributed by atoms with E-state index < -0.39 is 60.3 Å². The van der Waals surface area contributed by atoms with Gasteiger partial charge in [-0.2, -0.15) is 0 Å². The zero-order chi connectivity index (χ0) is 34.7. The lowest BCUT2D eigenvalue weighted by Gasteiger charge is -2.25. The van der Waals surface area contributed by atoms with Crippen LogP contribution in [0.3, 0.4) is 0 Å². The molecule has 0 aliphatic carbocycles. The van der Waals surface area contributed by atoms with Crippen molar-refractivity contribution in [2.75, 3.05) is 20.2 Å². The zero-order valence-electron chi connectivity index (χ0n) is 27.0. The van der Waals surface area contributed by atoms with E-state index >= 15 is 0 Å². The number of esters is 1. The summed E-state index contributed by atoms with van der Waals surface area (Å²) in [4.78, 5) is 50.6. The van der Waals surface area contributed by atoms with Crippen molar-refractivity contribution in [3.63, 3.8) is 0 Å². The van der Waals surface area contributed by atoms with Crippen LogP contribution >= 0.6 is 0 Å².